The molecule has 0 N–H and O–H groups in total. The zero-order valence-corrected chi connectivity index (χ0v) is 11.1. The van der Waals surface area contributed by atoms with Crippen LogP contribution in [0.2, 0.25) is 5.02 Å². The van der Waals surface area contributed by atoms with Gasteiger partial charge in [0.15, 0.2) is 0 Å². The van der Waals surface area contributed by atoms with Gasteiger partial charge in [-0.3, -0.25) is 4.79 Å². The summed E-state index contributed by atoms with van der Waals surface area (Å²) >= 11 is 5.90. The van der Waals surface area contributed by atoms with Gasteiger partial charge in [-0.05, 0) is 30.2 Å². The van der Waals surface area contributed by atoms with Crippen molar-refractivity contribution < 1.29 is 4.79 Å². The zero-order valence-electron chi connectivity index (χ0n) is 10.3. The van der Waals surface area contributed by atoms with E-state index in [0.717, 1.165) is 11.1 Å². The number of hydrogen-bond acceptors (Lipinski definition) is 1. The molecule has 0 saturated heterocycles. The molecule has 18 heavy (non-hydrogen) atoms. The molecule has 2 aromatic carbocycles. The lowest BCUT2D eigenvalue weighted by Gasteiger charge is -2.03. The molecule has 0 amide bonds. The summed E-state index contributed by atoms with van der Waals surface area (Å²) in [4.78, 5) is 12.0. The maximum atomic E-state index is 12.0. The van der Waals surface area contributed by atoms with Crippen molar-refractivity contribution in [1.82, 2.24) is 0 Å². The molecule has 0 aliphatic carbocycles. The Morgan fingerprint density at radius 2 is 1.61 bits per heavy atom. The number of ketones is 1. The second kappa shape index (κ2) is 5.83. The molecule has 0 aliphatic heterocycles. The van der Waals surface area contributed by atoms with E-state index in [-0.39, 0.29) is 5.78 Å². The maximum Gasteiger partial charge on any atom is 0.141 e. The van der Waals surface area contributed by atoms with Crippen LogP contribution in [0.4, 0.5) is 0 Å². The lowest BCUT2D eigenvalue weighted by atomic mass is 10.0. The number of Topliss-reactive ketones (excluding diaryl/α,β-unsaturated/α-hetero) is 1. The predicted molar refractivity (Wildman–Crippen MR) is 75.0 cm³/mol. The molecule has 1 nitrogen and oxygen atoms in total. The molecular weight excluding hydrogens is 244 g/mol. The van der Waals surface area contributed by atoms with Crippen LogP contribution in [0.5, 0.6) is 0 Å². The molecule has 2 rings (SSSR count). The minimum absolute atomic E-state index is 0.211. The summed E-state index contributed by atoms with van der Waals surface area (Å²) in [5.41, 5.74) is 3.23. The Bertz CT molecular complexity index is 511. The second-order valence-corrected chi connectivity index (χ2v) is 4.95. The number of carbonyl (C=O) groups excluding carboxylic acids is 1. The molecular formula is C16H15ClO. The molecule has 0 atom stereocenters. The van der Waals surface area contributed by atoms with Gasteiger partial charge in [-0.15, -0.1) is 0 Å². The van der Waals surface area contributed by atoms with E-state index in [1.165, 1.54) is 5.56 Å². The standard InChI is InChI=1S/C16H15ClO/c1-12-4-2-5-13(8-12)10-16(18)11-14-6-3-7-15(17)9-14/h2-9H,10-11H2,1H3. The molecule has 0 aromatic heterocycles. The number of benzene rings is 2. The minimum Gasteiger partial charge on any atom is -0.299 e. The third-order valence-electron chi connectivity index (χ3n) is 2.77. The van der Waals surface area contributed by atoms with Crippen LogP contribution in [0.25, 0.3) is 0 Å². The van der Waals surface area contributed by atoms with Crippen molar-refractivity contribution in [2.24, 2.45) is 0 Å². The van der Waals surface area contributed by atoms with Crippen molar-refractivity contribution in [3.05, 3.63) is 70.2 Å². The molecule has 0 spiro atoms. The fourth-order valence-electron chi connectivity index (χ4n) is 1.99. The second-order valence-electron chi connectivity index (χ2n) is 4.51. The van der Waals surface area contributed by atoms with Gasteiger partial charge in [0, 0.05) is 17.9 Å². The molecule has 2 heteroatoms. The van der Waals surface area contributed by atoms with Crippen molar-refractivity contribution in [3.63, 3.8) is 0 Å². The molecule has 0 unspecified atom stereocenters. The topological polar surface area (TPSA) is 17.1 Å². The molecule has 0 saturated carbocycles. The van der Waals surface area contributed by atoms with Gasteiger partial charge in [-0.1, -0.05) is 53.6 Å². The first-order valence-corrected chi connectivity index (χ1v) is 6.33. The fraction of sp³-hybridized carbons (Fsp3) is 0.188. The lowest BCUT2D eigenvalue weighted by Crippen LogP contribution is -2.06. The third kappa shape index (κ3) is 3.71. The third-order valence-corrected chi connectivity index (χ3v) is 3.01. The van der Waals surface area contributed by atoms with Crippen molar-refractivity contribution >= 4 is 17.4 Å². The quantitative estimate of drug-likeness (QED) is 0.810. The number of halogens is 1. The van der Waals surface area contributed by atoms with Crippen molar-refractivity contribution in [2.45, 2.75) is 19.8 Å². The Balaban J connectivity index is 2.01. The molecule has 0 fully saturated rings. The average molecular weight is 259 g/mol. The molecule has 0 radical (unpaired) electrons. The summed E-state index contributed by atoms with van der Waals surface area (Å²) in [7, 11) is 0. The summed E-state index contributed by atoms with van der Waals surface area (Å²) in [6, 6.07) is 15.5. The van der Waals surface area contributed by atoms with E-state index in [0.29, 0.717) is 17.9 Å². The predicted octanol–water partition coefficient (Wildman–Crippen LogP) is 4.00. The Hall–Kier alpha value is -1.60. The van der Waals surface area contributed by atoms with Gasteiger partial charge in [0.2, 0.25) is 0 Å². The Morgan fingerprint density at radius 1 is 1.00 bits per heavy atom. The van der Waals surface area contributed by atoms with E-state index in [1.807, 2.05) is 49.4 Å². The number of aryl methyl sites for hydroxylation is 1. The van der Waals surface area contributed by atoms with Crippen LogP contribution in [0.1, 0.15) is 16.7 Å². The number of hydrogen-bond donors (Lipinski definition) is 0. The van der Waals surface area contributed by atoms with E-state index < -0.39 is 0 Å². The smallest absolute Gasteiger partial charge is 0.141 e. The summed E-state index contributed by atoms with van der Waals surface area (Å²) < 4.78 is 0. The summed E-state index contributed by atoms with van der Waals surface area (Å²) in [6.07, 6.45) is 0.919. The first-order chi connectivity index (χ1) is 8.63. The van der Waals surface area contributed by atoms with Crippen molar-refractivity contribution in [2.75, 3.05) is 0 Å². The van der Waals surface area contributed by atoms with Crippen LogP contribution in [-0.2, 0) is 17.6 Å². The van der Waals surface area contributed by atoms with Crippen molar-refractivity contribution in [1.29, 1.82) is 0 Å². The Morgan fingerprint density at radius 3 is 2.22 bits per heavy atom. The van der Waals surface area contributed by atoms with Crippen LogP contribution in [0, 0.1) is 6.92 Å². The minimum atomic E-state index is 0.211. The van der Waals surface area contributed by atoms with Crippen LogP contribution in [0.3, 0.4) is 0 Å². The molecule has 0 aliphatic rings. The first kappa shape index (κ1) is 12.8. The van der Waals surface area contributed by atoms with E-state index in [9.17, 15) is 4.79 Å². The molecule has 0 heterocycles. The highest BCUT2D eigenvalue weighted by atomic mass is 35.5. The maximum absolute atomic E-state index is 12.0. The first-order valence-electron chi connectivity index (χ1n) is 5.95. The van der Waals surface area contributed by atoms with Crippen LogP contribution in [0.15, 0.2) is 48.5 Å². The van der Waals surface area contributed by atoms with E-state index in [2.05, 4.69) is 6.07 Å². The number of rotatable bonds is 4. The average Bonchev–Trinajstić information content (AvgIpc) is 2.28. The van der Waals surface area contributed by atoms with Gasteiger partial charge in [0.1, 0.15) is 5.78 Å². The molecule has 2 aromatic rings. The monoisotopic (exact) mass is 258 g/mol. The fourth-order valence-corrected chi connectivity index (χ4v) is 2.20. The van der Waals surface area contributed by atoms with E-state index >= 15 is 0 Å². The van der Waals surface area contributed by atoms with Gasteiger partial charge in [-0.2, -0.15) is 0 Å². The van der Waals surface area contributed by atoms with Gasteiger partial charge in [0.25, 0.3) is 0 Å². The van der Waals surface area contributed by atoms with Crippen LogP contribution in [-0.4, -0.2) is 5.78 Å². The Kier molecular flexibility index (Phi) is 4.16. The number of carbonyl (C=O) groups is 1. The summed E-state index contributed by atoms with van der Waals surface area (Å²) in [5.74, 6) is 0.211. The SMILES string of the molecule is Cc1cccc(CC(=O)Cc2cccc(Cl)c2)c1. The van der Waals surface area contributed by atoms with Crippen LogP contribution >= 0.6 is 11.6 Å². The van der Waals surface area contributed by atoms with Crippen molar-refractivity contribution in [3.8, 4) is 0 Å². The highest BCUT2D eigenvalue weighted by Gasteiger charge is 2.05. The largest absolute Gasteiger partial charge is 0.299 e. The normalized spacial score (nSPS) is 10.3. The molecule has 92 valence electrons. The summed E-state index contributed by atoms with van der Waals surface area (Å²) in [6.45, 7) is 2.03. The van der Waals surface area contributed by atoms with Gasteiger partial charge >= 0.3 is 0 Å². The van der Waals surface area contributed by atoms with Crippen LogP contribution < -0.4 is 0 Å². The molecule has 0 bridgehead atoms. The van der Waals surface area contributed by atoms with E-state index in [4.69, 9.17) is 11.6 Å². The lowest BCUT2D eigenvalue weighted by molar-refractivity contribution is -0.117. The summed E-state index contributed by atoms with van der Waals surface area (Å²) in [5, 5.41) is 0.677. The van der Waals surface area contributed by atoms with E-state index in [1.54, 1.807) is 0 Å². The highest BCUT2D eigenvalue weighted by molar-refractivity contribution is 6.30. The van der Waals surface area contributed by atoms with Gasteiger partial charge < -0.3 is 0 Å². The Labute approximate surface area is 112 Å². The van der Waals surface area contributed by atoms with Gasteiger partial charge in [-0.25, -0.2) is 0 Å². The van der Waals surface area contributed by atoms with Gasteiger partial charge in [0.05, 0.1) is 0 Å². The zero-order chi connectivity index (χ0) is 13.0. The highest BCUT2D eigenvalue weighted by Crippen LogP contribution is 2.12.